The van der Waals surface area contributed by atoms with Gasteiger partial charge in [0.05, 0.1) is 39.9 Å². The van der Waals surface area contributed by atoms with E-state index >= 15 is 0 Å². The molecule has 0 aromatic carbocycles. The lowest BCUT2D eigenvalue weighted by molar-refractivity contribution is -0.136. The van der Waals surface area contributed by atoms with Gasteiger partial charge in [-0.25, -0.2) is 4.52 Å². The van der Waals surface area contributed by atoms with Crippen molar-refractivity contribution in [2.24, 2.45) is 5.92 Å². The van der Waals surface area contributed by atoms with Gasteiger partial charge in [-0.15, -0.1) is 5.10 Å². The Morgan fingerprint density at radius 2 is 1.90 bits per heavy atom. The number of aromatic nitrogens is 5. The summed E-state index contributed by atoms with van der Waals surface area (Å²) in [5, 5.41) is 25.9. The third kappa shape index (κ3) is 4.16. The average molecular weight is 524 g/mol. The Labute approximate surface area is 225 Å². The van der Waals surface area contributed by atoms with Crippen LogP contribution in [0.3, 0.4) is 0 Å². The molecular formula is C28H29N9O2. The predicted octanol–water partition coefficient (Wildman–Crippen LogP) is 3.73. The zero-order valence-corrected chi connectivity index (χ0v) is 21.9. The highest BCUT2D eigenvalue weighted by molar-refractivity contribution is 5.82. The summed E-state index contributed by atoms with van der Waals surface area (Å²) >= 11 is 0. The maximum absolute atomic E-state index is 12.8. The molecule has 1 amide bonds. The molecule has 4 aromatic rings. The highest BCUT2D eigenvalue weighted by atomic mass is 16.4. The third-order valence-electron chi connectivity index (χ3n) is 7.82. The Morgan fingerprint density at radius 3 is 2.62 bits per heavy atom. The summed E-state index contributed by atoms with van der Waals surface area (Å²) in [7, 11) is 0. The highest BCUT2D eigenvalue weighted by Gasteiger charge is 2.47. The van der Waals surface area contributed by atoms with Crippen LogP contribution in [0.1, 0.15) is 45.1 Å². The fourth-order valence-electron chi connectivity index (χ4n) is 5.86. The fourth-order valence-corrected chi connectivity index (χ4v) is 5.86. The molecule has 3 aliphatic rings. The van der Waals surface area contributed by atoms with Crippen molar-refractivity contribution in [1.29, 1.82) is 5.26 Å². The number of rotatable bonds is 6. The summed E-state index contributed by atoms with van der Waals surface area (Å²) in [5.74, 6) is 0.973. The van der Waals surface area contributed by atoms with E-state index in [0.29, 0.717) is 36.5 Å². The number of anilines is 2. The van der Waals surface area contributed by atoms with E-state index in [1.54, 1.807) is 23.0 Å². The van der Waals surface area contributed by atoms with Gasteiger partial charge in [0, 0.05) is 43.3 Å². The molecule has 39 heavy (non-hydrogen) atoms. The van der Waals surface area contributed by atoms with Crippen LogP contribution in [0.15, 0.2) is 41.1 Å². The second kappa shape index (κ2) is 9.08. The van der Waals surface area contributed by atoms with Crippen molar-refractivity contribution >= 4 is 23.1 Å². The minimum Gasteiger partial charge on any atom is -0.403 e. The Bertz CT molecular complexity index is 1600. The van der Waals surface area contributed by atoms with Gasteiger partial charge in [0.1, 0.15) is 6.07 Å². The molecule has 2 unspecified atom stereocenters. The van der Waals surface area contributed by atoms with E-state index in [9.17, 15) is 10.1 Å². The van der Waals surface area contributed by atoms with Crippen LogP contribution in [0, 0.1) is 17.2 Å². The number of piperazine rings is 1. The lowest BCUT2D eigenvalue weighted by Crippen LogP contribution is -2.56. The summed E-state index contributed by atoms with van der Waals surface area (Å²) in [4.78, 5) is 21.8. The number of carbonyl (C=O) groups excluding carboxylic acids is 1. The number of hydrogen-bond donors (Lipinski definition) is 1. The molecule has 6 heterocycles. The van der Waals surface area contributed by atoms with Gasteiger partial charge in [-0.1, -0.05) is 5.10 Å². The molecule has 4 aromatic heterocycles. The second-order valence-electron chi connectivity index (χ2n) is 11.0. The molecule has 1 saturated carbocycles. The molecule has 3 fully saturated rings. The van der Waals surface area contributed by atoms with Crippen molar-refractivity contribution in [2.75, 3.05) is 23.3 Å². The van der Waals surface area contributed by atoms with Crippen molar-refractivity contribution in [3.8, 4) is 28.9 Å². The monoisotopic (exact) mass is 523 g/mol. The van der Waals surface area contributed by atoms with Crippen molar-refractivity contribution in [3.63, 3.8) is 0 Å². The zero-order valence-electron chi connectivity index (χ0n) is 21.9. The summed E-state index contributed by atoms with van der Waals surface area (Å²) < 4.78 is 7.98. The smallest absolute Gasteiger partial charge is 0.318 e. The van der Waals surface area contributed by atoms with Crippen LogP contribution in [-0.4, -0.2) is 66.8 Å². The van der Waals surface area contributed by atoms with Gasteiger partial charge in [0.2, 0.25) is 5.91 Å². The van der Waals surface area contributed by atoms with Crippen LogP contribution in [0.2, 0.25) is 0 Å². The van der Waals surface area contributed by atoms with Gasteiger partial charge in [-0.2, -0.15) is 10.4 Å². The summed E-state index contributed by atoms with van der Waals surface area (Å²) in [6, 6.07) is 10.8. The first-order chi connectivity index (χ1) is 19.0. The SMILES string of the molecule is CC(C)Nc1cc(-c2ccc3cc(C#N)cnn23)ncc1-c1nnc(N2CC3CCC(C2)N3C(=O)C2CC2)o1. The van der Waals surface area contributed by atoms with E-state index in [4.69, 9.17) is 9.40 Å². The topological polar surface area (TPSA) is 128 Å². The zero-order chi connectivity index (χ0) is 26.7. The van der Waals surface area contributed by atoms with E-state index < -0.39 is 0 Å². The molecule has 2 bridgehead atoms. The number of pyridine rings is 1. The Balaban J connectivity index is 1.17. The first kappa shape index (κ1) is 23.6. The Hall–Kier alpha value is -4.46. The lowest BCUT2D eigenvalue weighted by atomic mass is 10.1. The molecule has 0 spiro atoms. The number of nitrogens with one attached hydrogen (secondary N) is 1. The molecule has 1 N–H and O–H groups in total. The first-order valence-corrected chi connectivity index (χ1v) is 13.5. The van der Waals surface area contributed by atoms with Crippen molar-refractivity contribution in [3.05, 3.63) is 42.2 Å². The van der Waals surface area contributed by atoms with Crippen LogP contribution in [0.5, 0.6) is 0 Å². The van der Waals surface area contributed by atoms with Gasteiger partial charge in [0.15, 0.2) is 0 Å². The van der Waals surface area contributed by atoms with Crippen molar-refractivity contribution in [1.82, 2.24) is 29.7 Å². The first-order valence-electron chi connectivity index (χ1n) is 13.5. The number of nitriles is 1. The average Bonchev–Trinajstić information content (AvgIpc) is 3.42. The number of hydrogen-bond acceptors (Lipinski definition) is 9. The van der Waals surface area contributed by atoms with E-state index in [2.05, 4.69) is 50.3 Å². The molecular weight excluding hydrogens is 494 g/mol. The Morgan fingerprint density at radius 1 is 1.10 bits per heavy atom. The molecule has 2 aliphatic heterocycles. The van der Waals surface area contributed by atoms with Crippen molar-refractivity contribution < 1.29 is 9.21 Å². The highest BCUT2D eigenvalue weighted by Crippen LogP contribution is 2.39. The summed E-state index contributed by atoms with van der Waals surface area (Å²) in [5.41, 5.74) is 4.42. The summed E-state index contributed by atoms with van der Waals surface area (Å²) in [6.07, 6.45) is 7.41. The normalized spacial score (nSPS) is 20.6. The lowest BCUT2D eigenvalue weighted by Gasteiger charge is -2.40. The van der Waals surface area contributed by atoms with Crippen LogP contribution < -0.4 is 10.2 Å². The van der Waals surface area contributed by atoms with Gasteiger partial charge < -0.3 is 19.5 Å². The predicted molar refractivity (Wildman–Crippen MR) is 144 cm³/mol. The quantitative estimate of drug-likeness (QED) is 0.402. The van der Waals surface area contributed by atoms with Crippen molar-refractivity contribution in [2.45, 2.75) is 57.7 Å². The van der Waals surface area contributed by atoms with Gasteiger partial charge in [0.25, 0.3) is 5.89 Å². The number of carbonyl (C=O) groups is 1. The van der Waals surface area contributed by atoms with Gasteiger partial charge >= 0.3 is 6.01 Å². The fraction of sp³-hybridized carbons (Fsp3) is 0.429. The van der Waals surface area contributed by atoms with Gasteiger partial charge in [-0.3, -0.25) is 9.78 Å². The van der Waals surface area contributed by atoms with Gasteiger partial charge in [-0.05, 0) is 63.8 Å². The minimum atomic E-state index is 0.162. The molecule has 2 saturated heterocycles. The molecule has 11 nitrogen and oxygen atoms in total. The van der Waals surface area contributed by atoms with Crippen LogP contribution in [-0.2, 0) is 4.79 Å². The number of fused-ring (bicyclic) bond motifs is 3. The second-order valence-corrected chi connectivity index (χ2v) is 11.0. The standard InChI is InChI=1S/C28H29N9O2/c1-16(2)32-23-10-24(25-8-7-19-9-17(11-29)12-31-37(19)25)30-13-22(23)26-33-34-28(39-26)35-14-20-5-6-21(15-35)36(20)27(38)18-3-4-18/h7-10,12-13,16,18,20-21H,3-6,14-15H2,1-2H3,(H,30,32). The maximum atomic E-state index is 12.8. The number of amides is 1. The molecule has 0 radical (unpaired) electrons. The number of nitrogens with zero attached hydrogens (tertiary/aromatic N) is 8. The maximum Gasteiger partial charge on any atom is 0.318 e. The van der Waals surface area contributed by atoms with E-state index in [1.807, 2.05) is 18.2 Å². The minimum absolute atomic E-state index is 0.162. The molecule has 1 aliphatic carbocycles. The van der Waals surface area contributed by atoms with Crippen LogP contribution in [0.25, 0.3) is 28.4 Å². The molecule has 11 heteroatoms. The van der Waals surface area contributed by atoms with Crippen LogP contribution in [0.4, 0.5) is 11.7 Å². The summed E-state index contributed by atoms with van der Waals surface area (Å²) in [6.45, 7) is 5.57. The largest absolute Gasteiger partial charge is 0.403 e. The molecule has 7 rings (SSSR count). The van der Waals surface area contributed by atoms with E-state index in [0.717, 1.165) is 53.8 Å². The molecule has 198 valence electrons. The Kier molecular flexibility index (Phi) is 5.50. The third-order valence-corrected chi connectivity index (χ3v) is 7.82. The molecule has 2 atom stereocenters. The van der Waals surface area contributed by atoms with E-state index in [-0.39, 0.29) is 24.0 Å². The van der Waals surface area contributed by atoms with E-state index in [1.165, 1.54) is 0 Å². The van der Waals surface area contributed by atoms with Crippen LogP contribution >= 0.6 is 0 Å².